The Morgan fingerprint density at radius 2 is 2.21 bits per heavy atom. The summed E-state index contributed by atoms with van der Waals surface area (Å²) in [5, 5.41) is 15.8. The van der Waals surface area contributed by atoms with Crippen LogP contribution >= 0.6 is 0 Å². The minimum atomic E-state index is -3.33. The molecule has 1 heterocycles. The molecule has 1 rings (SSSR count). The van der Waals surface area contributed by atoms with Gasteiger partial charge in [-0.3, -0.25) is 4.79 Å². The third kappa shape index (κ3) is 6.30. The van der Waals surface area contributed by atoms with Crippen molar-refractivity contribution in [3.8, 4) is 0 Å². The maximum absolute atomic E-state index is 11.6. The molecule has 9 heteroatoms. The molecule has 0 fully saturated rings. The normalized spacial score (nSPS) is 11.9. The number of aromatic nitrogens is 3. The van der Waals surface area contributed by atoms with Crippen LogP contribution in [0.25, 0.3) is 0 Å². The molecule has 108 valence electrons. The van der Waals surface area contributed by atoms with E-state index in [1.165, 1.54) is 6.20 Å². The number of carboxylic acid groups (broad SMARTS) is 1. The smallest absolute Gasteiger partial charge is 0.325 e. The molecule has 2 N–H and O–H groups in total. The fraction of sp³-hybridized carbons (Fsp3) is 0.700. The monoisotopic (exact) mass is 290 g/mol. The molecule has 0 aliphatic heterocycles. The lowest BCUT2D eigenvalue weighted by Gasteiger charge is -2.06. The van der Waals surface area contributed by atoms with Crippen LogP contribution in [0.2, 0.25) is 0 Å². The van der Waals surface area contributed by atoms with E-state index in [0.717, 1.165) is 4.68 Å². The average molecular weight is 290 g/mol. The van der Waals surface area contributed by atoms with Gasteiger partial charge in [0.05, 0.1) is 24.2 Å². The number of sulfonamides is 1. The van der Waals surface area contributed by atoms with E-state index >= 15 is 0 Å². The number of carbonyl (C=O) groups is 1. The number of rotatable bonds is 8. The van der Waals surface area contributed by atoms with Crippen molar-refractivity contribution < 1.29 is 18.3 Å². The molecule has 0 unspecified atom stereocenters. The second-order valence-electron chi connectivity index (χ2n) is 4.62. The predicted molar refractivity (Wildman–Crippen MR) is 67.7 cm³/mol. The topological polar surface area (TPSA) is 114 Å². The Hall–Kier alpha value is -1.48. The summed E-state index contributed by atoms with van der Waals surface area (Å²) in [5.74, 6) is -0.657. The molecule has 1 aromatic heterocycles. The van der Waals surface area contributed by atoms with Crippen molar-refractivity contribution in [3.63, 3.8) is 0 Å². The standard InChI is InChI=1S/C10H18N4O4S/c1-8(2)3-4-19(17,18)11-5-9-6-14(13-12-9)7-10(15)16/h6,8,11H,3-5,7H2,1-2H3,(H,15,16). The van der Waals surface area contributed by atoms with Crippen molar-refractivity contribution in [2.24, 2.45) is 5.92 Å². The zero-order valence-electron chi connectivity index (χ0n) is 10.9. The van der Waals surface area contributed by atoms with Gasteiger partial charge in [-0.05, 0) is 12.3 Å². The summed E-state index contributed by atoms with van der Waals surface area (Å²) in [4.78, 5) is 10.4. The van der Waals surface area contributed by atoms with Gasteiger partial charge < -0.3 is 5.11 Å². The van der Waals surface area contributed by atoms with Gasteiger partial charge in [-0.15, -0.1) is 5.10 Å². The van der Waals surface area contributed by atoms with Gasteiger partial charge in [-0.1, -0.05) is 19.1 Å². The van der Waals surface area contributed by atoms with E-state index in [9.17, 15) is 13.2 Å². The van der Waals surface area contributed by atoms with E-state index in [1.807, 2.05) is 13.8 Å². The first-order chi connectivity index (χ1) is 8.78. The third-order valence-electron chi connectivity index (χ3n) is 2.32. The molecule has 1 aromatic rings. The van der Waals surface area contributed by atoms with Crippen LogP contribution in [0.4, 0.5) is 0 Å². The van der Waals surface area contributed by atoms with Crippen molar-refractivity contribution in [1.82, 2.24) is 19.7 Å². The highest BCUT2D eigenvalue weighted by Gasteiger charge is 2.12. The van der Waals surface area contributed by atoms with Gasteiger partial charge in [0.25, 0.3) is 0 Å². The largest absolute Gasteiger partial charge is 0.480 e. The molecule has 8 nitrogen and oxygen atoms in total. The van der Waals surface area contributed by atoms with E-state index in [2.05, 4.69) is 15.0 Å². The second kappa shape index (κ2) is 6.62. The van der Waals surface area contributed by atoms with Gasteiger partial charge in [-0.25, -0.2) is 17.8 Å². The first-order valence-corrected chi connectivity index (χ1v) is 7.52. The van der Waals surface area contributed by atoms with Crippen LogP contribution in [0.5, 0.6) is 0 Å². The number of nitrogens with one attached hydrogen (secondary N) is 1. The van der Waals surface area contributed by atoms with Gasteiger partial charge in [-0.2, -0.15) is 0 Å². The fourth-order valence-corrected chi connectivity index (χ4v) is 2.58. The van der Waals surface area contributed by atoms with Gasteiger partial charge in [0.2, 0.25) is 10.0 Å². The summed E-state index contributed by atoms with van der Waals surface area (Å²) >= 11 is 0. The third-order valence-corrected chi connectivity index (χ3v) is 3.68. The van der Waals surface area contributed by atoms with Crippen molar-refractivity contribution in [2.75, 3.05) is 5.75 Å². The molecule has 0 atom stereocenters. The zero-order valence-corrected chi connectivity index (χ0v) is 11.7. The maximum atomic E-state index is 11.6. The molecular weight excluding hydrogens is 272 g/mol. The molecule has 0 spiro atoms. The number of hydrogen-bond acceptors (Lipinski definition) is 5. The summed E-state index contributed by atoms with van der Waals surface area (Å²) < 4.78 is 26.8. The summed E-state index contributed by atoms with van der Waals surface area (Å²) in [7, 11) is -3.33. The maximum Gasteiger partial charge on any atom is 0.325 e. The van der Waals surface area contributed by atoms with Crippen LogP contribution in [-0.2, 0) is 27.9 Å². The summed E-state index contributed by atoms with van der Waals surface area (Å²) in [6, 6.07) is 0. The first-order valence-electron chi connectivity index (χ1n) is 5.86. The van der Waals surface area contributed by atoms with Gasteiger partial charge in [0.15, 0.2) is 0 Å². The number of carboxylic acids is 1. The SMILES string of the molecule is CC(C)CCS(=O)(=O)NCc1cn(CC(=O)O)nn1. The average Bonchev–Trinajstić information content (AvgIpc) is 2.71. The highest BCUT2D eigenvalue weighted by molar-refractivity contribution is 7.89. The number of aliphatic carboxylic acids is 1. The van der Waals surface area contributed by atoms with E-state index in [-0.39, 0.29) is 18.8 Å². The van der Waals surface area contributed by atoms with E-state index < -0.39 is 16.0 Å². The fourth-order valence-electron chi connectivity index (χ4n) is 1.28. The van der Waals surface area contributed by atoms with E-state index in [0.29, 0.717) is 18.0 Å². The molecule has 0 saturated carbocycles. The molecular formula is C10H18N4O4S. The summed E-state index contributed by atoms with van der Waals surface area (Å²) in [6.45, 7) is 3.62. The van der Waals surface area contributed by atoms with Gasteiger partial charge in [0, 0.05) is 0 Å². The lowest BCUT2D eigenvalue weighted by molar-refractivity contribution is -0.137. The molecule has 0 radical (unpaired) electrons. The Kier molecular flexibility index (Phi) is 5.43. The molecule has 0 aliphatic carbocycles. The Balaban J connectivity index is 2.47. The minimum absolute atomic E-state index is 0.0139. The molecule has 19 heavy (non-hydrogen) atoms. The zero-order chi connectivity index (χ0) is 14.5. The van der Waals surface area contributed by atoms with E-state index in [1.54, 1.807) is 0 Å². The first kappa shape index (κ1) is 15.6. The second-order valence-corrected chi connectivity index (χ2v) is 6.55. The van der Waals surface area contributed by atoms with E-state index in [4.69, 9.17) is 5.11 Å². The Labute approximate surface area is 111 Å². The summed E-state index contributed by atoms with van der Waals surface area (Å²) in [5.41, 5.74) is 0.384. The van der Waals surface area contributed by atoms with Crippen LogP contribution in [-0.4, -0.2) is 40.2 Å². The van der Waals surface area contributed by atoms with Gasteiger partial charge >= 0.3 is 5.97 Å². The van der Waals surface area contributed by atoms with Crippen molar-refractivity contribution in [2.45, 2.75) is 33.4 Å². The minimum Gasteiger partial charge on any atom is -0.480 e. The molecule has 0 aliphatic rings. The molecule has 0 amide bonds. The molecule has 0 saturated heterocycles. The lowest BCUT2D eigenvalue weighted by atomic mass is 10.2. The molecule has 0 aromatic carbocycles. The summed E-state index contributed by atoms with van der Waals surface area (Å²) in [6.07, 6.45) is 1.99. The highest BCUT2D eigenvalue weighted by atomic mass is 32.2. The van der Waals surface area contributed by atoms with Crippen molar-refractivity contribution in [3.05, 3.63) is 11.9 Å². The van der Waals surface area contributed by atoms with Crippen molar-refractivity contribution in [1.29, 1.82) is 0 Å². The Morgan fingerprint density at radius 1 is 1.53 bits per heavy atom. The van der Waals surface area contributed by atoms with Crippen LogP contribution in [0.15, 0.2) is 6.20 Å². The van der Waals surface area contributed by atoms with Crippen LogP contribution in [0, 0.1) is 5.92 Å². The molecule has 0 bridgehead atoms. The Bertz CT molecular complexity index is 523. The Morgan fingerprint density at radius 3 is 2.79 bits per heavy atom. The number of nitrogens with zero attached hydrogens (tertiary/aromatic N) is 3. The van der Waals surface area contributed by atoms with Crippen LogP contribution < -0.4 is 4.72 Å². The predicted octanol–water partition coefficient (Wildman–Crippen LogP) is -0.172. The van der Waals surface area contributed by atoms with Crippen LogP contribution in [0.1, 0.15) is 26.0 Å². The quantitative estimate of drug-likeness (QED) is 0.687. The van der Waals surface area contributed by atoms with Crippen molar-refractivity contribution >= 4 is 16.0 Å². The lowest BCUT2D eigenvalue weighted by Crippen LogP contribution is -2.26. The highest BCUT2D eigenvalue weighted by Crippen LogP contribution is 2.02. The van der Waals surface area contributed by atoms with Gasteiger partial charge in [0.1, 0.15) is 6.54 Å². The van der Waals surface area contributed by atoms with Crippen LogP contribution in [0.3, 0.4) is 0 Å². The number of hydrogen-bond donors (Lipinski definition) is 2.